The van der Waals surface area contributed by atoms with Gasteiger partial charge in [0.25, 0.3) is 11.8 Å². The Morgan fingerprint density at radius 2 is 1.87 bits per heavy atom. The highest BCUT2D eigenvalue weighted by molar-refractivity contribution is 7.91. The zero-order valence-corrected chi connectivity index (χ0v) is 30.6. The molecule has 4 heterocycles. The van der Waals surface area contributed by atoms with Gasteiger partial charge < -0.3 is 20.3 Å². The number of pyridine rings is 1. The molecule has 2 aliphatic heterocycles. The summed E-state index contributed by atoms with van der Waals surface area (Å²) in [5.41, 5.74) is -0.836. The summed E-state index contributed by atoms with van der Waals surface area (Å²) in [5.74, 6) is -4.87. The topological polar surface area (TPSA) is 190 Å². The number of hydrogen-bond donors (Lipinski definition) is 3. The van der Waals surface area contributed by atoms with E-state index in [-0.39, 0.29) is 42.8 Å². The highest BCUT2D eigenvalue weighted by Gasteiger charge is 2.63. The lowest BCUT2D eigenvalue weighted by Crippen LogP contribution is -2.58. The zero-order valence-electron chi connectivity index (χ0n) is 29.8. The normalized spacial score (nSPS) is 27.4. The van der Waals surface area contributed by atoms with Gasteiger partial charge in [0.2, 0.25) is 27.7 Å². The number of hydrogen-bond acceptors (Lipinski definition) is 10. The Balaban J connectivity index is 1.20. The predicted octanol–water partition coefficient (Wildman–Crippen LogP) is 3.15. The lowest BCUT2D eigenvalue weighted by atomic mass is 10.0. The molecular formula is C37H41F2N7O7S. The second-order valence-corrected chi connectivity index (χ2v) is 17.0. The van der Waals surface area contributed by atoms with Crippen LogP contribution in [0.2, 0.25) is 0 Å². The Bertz CT molecular complexity index is 2160. The monoisotopic (exact) mass is 765 g/mol. The molecular weight excluding hydrogens is 725 g/mol. The van der Waals surface area contributed by atoms with E-state index >= 15 is 0 Å². The number of amides is 4. The number of halogens is 2. The molecule has 7 rings (SSSR count). The maximum Gasteiger partial charge on any atom is 0.259 e. The van der Waals surface area contributed by atoms with Crippen LogP contribution >= 0.6 is 0 Å². The molecule has 5 atom stereocenters. The van der Waals surface area contributed by atoms with Crippen molar-refractivity contribution in [1.29, 1.82) is 0 Å². The third-order valence-corrected chi connectivity index (χ3v) is 13.0. The van der Waals surface area contributed by atoms with Crippen molar-refractivity contribution in [3.05, 3.63) is 71.7 Å². The van der Waals surface area contributed by atoms with Crippen molar-refractivity contribution < 1.29 is 41.1 Å². The van der Waals surface area contributed by atoms with Crippen molar-refractivity contribution in [1.82, 2.24) is 35.2 Å². The van der Waals surface area contributed by atoms with Crippen LogP contribution in [0.1, 0.15) is 80.8 Å². The number of allylic oxidation sites excluding steroid dienone is 1. The fourth-order valence-electron chi connectivity index (χ4n) is 7.11. The number of rotatable bonds is 7. The maximum absolute atomic E-state index is 14.6. The van der Waals surface area contributed by atoms with Gasteiger partial charge in [-0.3, -0.25) is 28.9 Å². The summed E-state index contributed by atoms with van der Waals surface area (Å²) >= 11 is 0. The molecule has 2 aliphatic carbocycles. The second kappa shape index (κ2) is 14.3. The third-order valence-electron chi connectivity index (χ3n) is 10.8. The number of ether oxygens (including phenoxy) is 1. The number of nitrogens with one attached hydrogen (secondary N) is 3. The van der Waals surface area contributed by atoms with Gasteiger partial charge in [-0.25, -0.2) is 27.2 Å². The van der Waals surface area contributed by atoms with E-state index in [1.807, 2.05) is 12.2 Å². The molecule has 0 bridgehead atoms. The van der Waals surface area contributed by atoms with E-state index in [9.17, 15) is 36.4 Å². The summed E-state index contributed by atoms with van der Waals surface area (Å²) < 4.78 is 62.2. The zero-order chi connectivity index (χ0) is 38.4. The number of aromatic nitrogens is 3. The number of carbonyl (C=O) groups is 4. The summed E-state index contributed by atoms with van der Waals surface area (Å²) in [4.78, 5) is 69.7. The first-order valence-electron chi connectivity index (χ1n) is 18.1. The van der Waals surface area contributed by atoms with E-state index < -0.39 is 79.7 Å². The Kier molecular flexibility index (Phi) is 9.87. The van der Waals surface area contributed by atoms with Crippen molar-refractivity contribution in [3.63, 3.8) is 0 Å². The van der Waals surface area contributed by atoms with Crippen LogP contribution in [0.4, 0.5) is 8.78 Å². The average molecular weight is 766 g/mol. The standard InChI is InChI=1S/C37H41F2N7O7S/c1-21-33(43-29-16-23(38)10-11-27(29)41-21)53-24-17-30-32(48)44-37(35(50)45-54(51,52)36(2)13-14-36)18-22(37)8-6-4-3-5-7-9-28(34(49)46(30)20-24)42-31(47)25-12-15-40-19-26(25)39/h6,8,10-12,15-16,19,22,24,28,30H,3-5,7,9,13-14,17-18,20H2,1-2H3,(H,42,47)(H,44,48)(H,45,50)/b8-6-/t22-,24-,28+,30+,37-/m1/s1. The van der Waals surface area contributed by atoms with Gasteiger partial charge in [-0.2, -0.15) is 0 Å². The summed E-state index contributed by atoms with van der Waals surface area (Å²) in [7, 11) is -4.03. The van der Waals surface area contributed by atoms with E-state index in [2.05, 4.69) is 30.3 Å². The van der Waals surface area contributed by atoms with E-state index in [1.54, 1.807) is 13.8 Å². The molecule has 0 unspecified atom stereocenters. The van der Waals surface area contributed by atoms with Crippen LogP contribution in [0, 0.1) is 24.5 Å². The summed E-state index contributed by atoms with van der Waals surface area (Å²) in [5, 5.41) is 5.47. The second-order valence-electron chi connectivity index (χ2n) is 14.8. The molecule has 3 fully saturated rings. The molecule has 286 valence electrons. The van der Waals surface area contributed by atoms with Gasteiger partial charge >= 0.3 is 0 Å². The Labute approximate surface area is 310 Å². The molecule has 3 aromatic rings. The summed E-state index contributed by atoms with van der Waals surface area (Å²) in [6, 6.07) is 2.75. The fourth-order valence-corrected chi connectivity index (χ4v) is 8.42. The van der Waals surface area contributed by atoms with Gasteiger partial charge in [0.1, 0.15) is 35.2 Å². The largest absolute Gasteiger partial charge is 0.471 e. The van der Waals surface area contributed by atoms with E-state index in [0.29, 0.717) is 49.7 Å². The molecule has 1 aromatic carbocycles. The molecule has 14 nitrogen and oxygen atoms in total. The number of benzene rings is 1. The number of sulfonamides is 1. The maximum atomic E-state index is 14.6. The Morgan fingerprint density at radius 3 is 2.63 bits per heavy atom. The Morgan fingerprint density at radius 1 is 1.07 bits per heavy atom. The minimum Gasteiger partial charge on any atom is -0.471 e. The van der Waals surface area contributed by atoms with E-state index in [4.69, 9.17) is 4.74 Å². The Hall–Kier alpha value is -5.06. The number of aryl methyl sites for hydroxylation is 1. The van der Waals surface area contributed by atoms with Gasteiger partial charge in [-0.05, 0) is 70.6 Å². The van der Waals surface area contributed by atoms with Crippen LogP contribution < -0.4 is 20.1 Å². The molecule has 3 N–H and O–H groups in total. The first-order chi connectivity index (χ1) is 25.7. The van der Waals surface area contributed by atoms with Gasteiger partial charge in [0.05, 0.1) is 34.1 Å². The molecule has 0 spiro atoms. The fraction of sp³-hybridized carbons (Fsp3) is 0.486. The van der Waals surface area contributed by atoms with E-state index in [1.165, 1.54) is 35.4 Å². The van der Waals surface area contributed by atoms with Gasteiger partial charge in [-0.1, -0.05) is 25.0 Å². The lowest BCUT2D eigenvalue weighted by Gasteiger charge is -2.30. The van der Waals surface area contributed by atoms with E-state index in [0.717, 1.165) is 6.20 Å². The summed E-state index contributed by atoms with van der Waals surface area (Å²) in [6.45, 7) is 3.06. The van der Waals surface area contributed by atoms with Gasteiger partial charge in [0.15, 0.2) is 5.82 Å². The van der Waals surface area contributed by atoms with Crippen LogP contribution in [0.5, 0.6) is 5.88 Å². The first-order valence-corrected chi connectivity index (χ1v) is 19.5. The van der Waals surface area contributed by atoms with Crippen LogP contribution in [0.3, 0.4) is 0 Å². The van der Waals surface area contributed by atoms with Gasteiger partial charge in [0, 0.05) is 24.6 Å². The van der Waals surface area contributed by atoms with Crippen LogP contribution in [-0.2, 0) is 24.4 Å². The number of fused-ring (bicyclic) bond motifs is 3. The van der Waals surface area contributed by atoms with Gasteiger partial charge in [-0.15, -0.1) is 0 Å². The lowest BCUT2D eigenvalue weighted by molar-refractivity contribution is -0.141. The van der Waals surface area contributed by atoms with Crippen LogP contribution in [-0.4, -0.2) is 86.9 Å². The van der Waals surface area contributed by atoms with Crippen molar-refractivity contribution in [2.45, 2.75) is 100 Å². The smallest absolute Gasteiger partial charge is 0.259 e. The molecule has 0 radical (unpaired) electrons. The molecule has 4 amide bonds. The van der Waals surface area contributed by atoms with Crippen molar-refractivity contribution in [2.75, 3.05) is 6.54 Å². The average Bonchev–Trinajstić information content (AvgIpc) is 4.01. The molecule has 2 aromatic heterocycles. The quantitative estimate of drug-likeness (QED) is 0.302. The number of carbonyl (C=O) groups excluding carboxylic acids is 4. The molecule has 4 aliphatic rings. The first kappa shape index (κ1) is 37.3. The SMILES string of the molecule is Cc1nc2ccc(F)cc2nc1O[C@@H]1C[C@H]2C(=O)N[C@]3(C(=O)NS(=O)(=O)C4(C)CC4)C[C@H]3/C=C\CCCCC[C@H](NC(=O)c3ccncc3F)C(=O)N2C1. The third kappa shape index (κ3) is 7.37. The molecule has 54 heavy (non-hydrogen) atoms. The van der Waals surface area contributed by atoms with Crippen molar-refractivity contribution in [2.24, 2.45) is 5.92 Å². The minimum absolute atomic E-state index is 0.0636. The van der Waals surface area contributed by atoms with Crippen LogP contribution in [0.25, 0.3) is 11.0 Å². The molecule has 17 heteroatoms. The van der Waals surface area contributed by atoms with Crippen molar-refractivity contribution in [3.8, 4) is 5.88 Å². The predicted molar refractivity (Wildman–Crippen MR) is 190 cm³/mol. The molecule has 2 saturated carbocycles. The summed E-state index contributed by atoms with van der Waals surface area (Å²) in [6.07, 6.45) is 8.60. The minimum atomic E-state index is -4.03. The van der Waals surface area contributed by atoms with Crippen molar-refractivity contribution >= 4 is 44.7 Å². The molecule has 1 saturated heterocycles. The highest BCUT2D eigenvalue weighted by atomic mass is 32.2. The number of nitrogens with zero attached hydrogens (tertiary/aromatic N) is 4. The van der Waals surface area contributed by atoms with Crippen LogP contribution in [0.15, 0.2) is 48.8 Å². The highest BCUT2D eigenvalue weighted by Crippen LogP contribution is 2.47.